The maximum absolute atomic E-state index is 15.5. The van der Waals surface area contributed by atoms with Crippen molar-refractivity contribution >= 4 is 95.1 Å². The Hall–Kier alpha value is -8.67. The fraction of sp³-hybridized carbons (Fsp3) is 0.675. The van der Waals surface area contributed by atoms with Crippen molar-refractivity contribution in [3.05, 3.63) is 65.7 Å². The smallest absolute Gasteiger partial charge is 0.253 e. The molecular weight excluding hydrogens is 1490 g/mol. The van der Waals surface area contributed by atoms with Crippen LogP contribution in [0, 0.1) is 17.8 Å². The Kier molecular flexibility index (Phi) is 42.6. The molecule has 3 heterocycles. The molecule has 2 aromatic rings. The second-order valence-electron chi connectivity index (χ2n) is 30.9. The Morgan fingerprint density at radius 2 is 1.32 bits per heavy atom. The molecular formula is C80H127N15O18S. The van der Waals surface area contributed by atoms with Gasteiger partial charge in [0, 0.05) is 58.1 Å². The van der Waals surface area contributed by atoms with Crippen LogP contribution >= 0.6 is 11.8 Å². The average Bonchev–Trinajstić information content (AvgIpc) is 1.60. The lowest BCUT2D eigenvalue weighted by Crippen LogP contribution is -2.62. The molecule has 19 N–H and O–H groups in total. The van der Waals surface area contributed by atoms with Gasteiger partial charge in [0.1, 0.15) is 72.3 Å². The van der Waals surface area contributed by atoms with Crippen LogP contribution in [0.5, 0.6) is 5.75 Å². The Labute approximate surface area is 673 Å². The Bertz CT molecular complexity index is 3450. The number of aliphatic hydroxyl groups is 4. The van der Waals surface area contributed by atoms with Crippen molar-refractivity contribution in [2.45, 2.75) is 274 Å². The zero-order valence-corrected chi connectivity index (χ0v) is 68.0. The number of phenols is 1. The molecule has 0 aliphatic carbocycles. The SMILES string of the molecule is CCC(C)CC(C)CCCCCCCCC(=O)NC1CC(O)C(C=NCCN)NC(=O)C2CCCN2C(=O)C(CCCNC(=O)C(CCCCN)NC(=O)C(Cc2ccccc2)NC(=O)C(CC(C)C)NC(=O)C(CCSC)NC=O)NC(=O)C(C(O)C(O)c2ccc(O)cc2)NC(=O)C2CC(O)CN2C(=O)C(C(C)=O)NC1=O. The van der Waals surface area contributed by atoms with Gasteiger partial charge in [0.2, 0.25) is 65.5 Å². The van der Waals surface area contributed by atoms with E-state index in [9.17, 15) is 78.3 Å². The molecule has 2 aromatic carbocycles. The molecule has 3 saturated heterocycles. The number of aliphatic imine (C=N–C) groups is 1. The van der Waals surface area contributed by atoms with Gasteiger partial charge in [-0.2, -0.15) is 11.8 Å². The van der Waals surface area contributed by atoms with E-state index in [-0.39, 0.29) is 108 Å². The summed E-state index contributed by atoms with van der Waals surface area (Å²) in [7, 11) is 0. The molecule has 17 unspecified atom stereocenters. The van der Waals surface area contributed by atoms with Crippen LogP contribution in [0.2, 0.25) is 0 Å². The highest BCUT2D eigenvalue weighted by Crippen LogP contribution is 2.27. The van der Waals surface area contributed by atoms with E-state index < -0.39 is 181 Å². The summed E-state index contributed by atoms with van der Waals surface area (Å²) in [4.78, 5) is 193. The number of nitrogens with zero attached hydrogens (tertiary/aromatic N) is 3. The first-order chi connectivity index (χ1) is 54.4. The minimum Gasteiger partial charge on any atom is -0.508 e. The molecule has 0 aromatic heterocycles. The zero-order valence-electron chi connectivity index (χ0n) is 67.2. The van der Waals surface area contributed by atoms with Gasteiger partial charge in [0.15, 0.2) is 11.8 Å². The van der Waals surface area contributed by atoms with Crippen molar-refractivity contribution in [1.29, 1.82) is 0 Å². The van der Waals surface area contributed by atoms with Crippen molar-refractivity contribution < 1.29 is 87.9 Å². The van der Waals surface area contributed by atoms with Gasteiger partial charge in [-0.25, -0.2) is 0 Å². The van der Waals surface area contributed by atoms with Crippen LogP contribution in [0.3, 0.4) is 0 Å². The maximum atomic E-state index is 15.5. The van der Waals surface area contributed by atoms with Crippen LogP contribution in [0.4, 0.5) is 0 Å². The van der Waals surface area contributed by atoms with Crippen LogP contribution in [-0.2, 0) is 68.7 Å². The highest BCUT2D eigenvalue weighted by molar-refractivity contribution is 7.98. The van der Waals surface area contributed by atoms with E-state index in [4.69, 9.17) is 11.5 Å². The van der Waals surface area contributed by atoms with E-state index in [0.29, 0.717) is 55.2 Å². The van der Waals surface area contributed by atoms with Crippen molar-refractivity contribution in [2.75, 3.05) is 51.3 Å². The number of carbonyl (C=O) groups is 13. The molecule has 0 spiro atoms. The van der Waals surface area contributed by atoms with Crippen LogP contribution in [0.25, 0.3) is 0 Å². The Morgan fingerprint density at radius 1 is 0.675 bits per heavy atom. The first-order valence-corrected chi connectivity index (χ1v) is 41.8. The fourth-order valence-electron chi connectivity index (χ4n) is 14.4. The number of hydrogen-bond acceptors (Lipinski definition) is 22. The van der Waals surface area contributed by atoms with Crippen LogP contribution < -0.4 is 64.6 Å². The summed E-state index contributed by atoms with van der Waals surface area (Å²) in [6, 6.07) is -3.59. The number of unbranched alkanes of at least 4 members (excludes halogenated alkanes) is 6. The second kappa shape index (κ2) is 50.6. The molecule has 636 valence electrons. The van der Waals surface area contributed by atoms with E-state index in [1.807, 2.05) is 20.1 Å². The first-order valence-electron chi connectivity index (χ1n) is 40.4. The minimum absolute atomic E-state index is 0.00895. The Balaban J connectivity index is 1.51. The van der Waals surface area contributed by atoms with E-state index in [1.165, 1.54) is 48.7 Å². The molecule has 0 bridgehead atoms. The lowest BCUT2D eigenvalue weighted by Gasteiger charge is -2.33. The Morgan fingerprint density at radius 3 is 1.98 bits per heavy atom. The van der Waals surface area contributed by atoms with Crippen LogP contribution in [-0.4, -0.2) is 255 Å². The molecule has 33 nitrogen and oxygen atoms in total. The molecule has 12 amide bonds. The van der Waals surface area contributed by atoms with E-state index in [2.05, 4.69) is 78.9 Å². The quantitative estimate of drug-likeness (QED) is 0.0184. The first kappa shape index (κ1) is 95.9. The summed E-state index contributed by atoms with van der Waals surface area (Å²) in [5.41, 5.74) is 12.3. The summed E-state index contributed by atoms with van der Waals surface area (Å²) < 4.78 is 0. The standard InChI is InChI=1S/C80H127N15O18S/c1-8-49(4)41-50(5)22-14-11-9-10-12-17-28-66(101)86-61-44-65(100)62(45-83-37-35-82)91-76(109)63-27-21-38-94(63)79(112)58(88-78(111)68(70(103)69(102)53-29-31-54(98)32-30-53)93-77(110)64-43-55(99)46-95(64)80(113)67(51(6)97)92-75(61)108)26-20-36-84-71(104)57(25-18-19-34-81)87-74(107)60(42-52-23-15-13-16-24-52)90-73(106)59(40-48(2)3)89-72(105)56(85-47-96)33-39-114-7/h13,15-16,23-24,29-32,45,47-50,55-65,67-70,98-100,102-103H,8-12,14,17-22,25-28,33-44,46,81-82H2,1-7H3,(H,84,104)(H,85,96)(H,86,101)(H,87,107)(H,88,111)(H,89,105)(H,90,106)(H,91,109)(H,92,108)(H,93,110). The number of thioether (sulfide) groups is 1. The highest BCUT2D eigenvalue weighted by atomic mass is 32.2. The molecule has 17 atom stereocenters. The summed E-state index contributed by atoms with van der Waals surface area (Å²) in [6.07, 6.45) is 3.80. The fourth-order valence-corrected chi connectivity index (χ4v) is 14.8. The van der Waals surface area contributed by atoms with Crippen molar-refractivity contribution in [1.82, 2.24) is 63.0 Å². The predicted octanol–water partition coefficient (Wildman–Crippen LogP) is 0.376. The number of hydrogen-bond donors (Lipinski definition) is 17. The largest absolute Gasteiger partial charge is 0.508 e. The number of nitrogens with two attached hydrogens (primary N) is 2. The molecule has 0 radical (unpaired) electrons. The number of aliphatic hydroxyl groups excluding tert-OH is 4. The van der Waals surface area contributed by atoms with Crippen LogP contribution in [0.1, 0.15) is 194 Å². The molecule has 3 aliphatic heterocycles. The number of Topliss-reactive ketones (excluding diaryl/α,β-unsaturated/α-hetero) is 1. The van der Waals surface area contributed by atoms with Crippen molar-refractivity contribution in [2.24, 2.45) is 34.2 Å². The maximum Gasteiger partial charge on any atom is 0.253 e. The van der Waals surface area contributed by atoms with Gasteiger partial charge >= 0.3 is 0 Å². The van der Waals surface area contributed by atoms with Gasteiger partial charge in [-0.15, -0.1) is 0 Å². The summed E-state index contributed by atoms with van der Waals surface area (Å²) in [5, 5.41) is 83.9. The molecule has 0 saturated carbocycles. The van der Waals surface area contributed by atoms with Gasteiger partial charge in [-0.3, -0.25) is 67.3 Å². The van der Waals surface area contributed by atoms with Gasteiger partial charge < -0.3 is 100.0 Å². The number of rotatable bonds is 44. The number of amides is 12. The number of benzene rings is 2. The van der Waals surface area contributed by atoms with Crippen molar-refractivity contribution in [3.8, 4) is 5.75 Å². The zero-order chi connectivity index (χ0) is 84.0. The number of aromatic hydroxyl groups is 1. The van der Waals surface area contributed by atoms with E-state index in [0.717, 1.165) is 55.2 Å². The van der Waals surface area contributed by atoms with Gasteiger partial charge in [-0.1, -0.05) is 122 Å². The van der Waals surface area contributed by atoms with E-state index in [1.54, 1.807) is 30.3 Å². The number of nitrogens with one attached hydrogen (secondary N) is 10. The number of carbonyl (C=O) groups excluding carboxylic acids is 13. The minimum atomic E-state index is -2.33. The van der Waals surface area contributed by atoms with Crippen molar-refractivity contribution in [3.63, 3.8) is 0 Å². The third kappa shape index (κ3) is 31.8. The van der Waals surface area contributed by atoms with Crippen LogP contribution in [0.15, 0.2) is 59.6 Å². The second-order valence-corrected chi connectivity index (χ2v) is 31.9. The number of fused-ring (bicyclic) bond motifs is 2. The number of ketones is 1. The van der Waals surface area contributed by atoms with Gasteiger partial charge in [-0.05, 0) is 137 Å². The van der Waals surface area contributed by atoms with Gasteiger partial charge in [0.25, 0.3) is 5.91 Å². The predicted molar refractivity (Wildman–Crippen MR) is 430 cm³/mol. The average molecular weight is 1620 g/mol. The topological polar surface area (TPSA) is 514 Å². The third-order valence-electron chi connectivity index (χ3n) is 21.0. The molecule has 114 heavy (non-hydrogen) atoms. The lowest BCUT2D eigenvalue weighted by molar-refractivity contribution is -0.146. The normalized spacial score (nSPS) is 22.8. The molecule has 3 aliphatic rings. The highest BCUT2D eigenvalue weighted by Gasteiger charge is 2.47. The monoisotopic (exact) mass is 1620 g/mol. The molecule has 5 rings (SSSR count). The summed E-state index contributed by atoms with van der Waals surface area (Å²) in [6.45, 7) is 10.6. The molecule has 3 fully saturated rings. The van der Waals surface area contributed by atoms with Gasteiger partial charge in [0.05, 0.1) is 24.8 Å². The third-order valence-corrected chi connectivity index (χ3v) is 21.6. The number of phenolic OH excluding ortho intramolecular Hbond substituents is 1. The summed E-state index contributed by atoms with van der Waals surface area (Å²) in [5.74, 6) is -9.66. The lowest BCUT2D eigenvalue weighted by atomic mass is 9.91. The van der Waals surface area contributed by atoms with E-state index >= 15 is 9.59 Å². The summed E-state index contributed by atoms with van der Waals surface area (Å²) >= 11 is 1.46. The molecule has 34 heteroatoms.